The second kappa shape index (κ2) is 13.8. The first kappa shape index (κ1) is 33.0. The molecule has 4 rings (SSSR count). The number of piperidine rings is 1. The number of rotatable bonds is 8. The van der Waals surface area contributed by atoms with Gasteiger partial charge in [-0.3, -0.25) is 14.5 Å². The van der Waals surface area contributed by atoms with Gasteiger partial charge in [0.25, 0.3) is 11.5 Å². The van der Waals surface area contributed by atoms with Crippen molar-refractivity contribution in [2.24, 2.45) is 0 Å². The number of amides is 2. The molecule has 0 aliphatic carbocycles. The second-order valence-corrected chi connectivity index (χ2v) is 13.1. The number of piperazine rings is 1. The van der Waals surface area contributed by atoms with E-state index in [4.69, 9.17) is 15.1 Å². The number of aryl methyl sites for hydroxylation is 2. The largest absolute Gasteiger partial charge is 0.444 e. The lowest BCUT2D eigenvalue weighted by Gasteiger charge is -2.43. The van der Waals surface area contributed by atoms with E-state index in [9.17, 15) is 14.4 Å². The lowest BCUT2D eigenvalue weighted by atomic mass is 10.0. The molecular formula is C32H48N8O4. The third-order valence-corrected chi connectivity index (χ3v) is 8.05. The van der Waals surface area contributed by atoms with Crippen LogP contribution in [0.5, 0.6) is 0 Å². The maximum absolute atomic E-state index is 13.5. The molecule has 2 aliphatic rings. The number of carbonyl (C=O) groups excluding carboxylic acids is 2. The number of pyridine rings is 2. The molecule has 4 N–H and O–H groups in total. The number of nitrogens with one attached hydrogen (secondary N) is 4. The summed E-state index contributed by atoms with van der Waals surface area (Å²) in [7, 11) is 0. The van der Waals surface area contributed by atoms with Crippen LogP contribution in [0, 0.1) is 19.3 Å². The zero-order valence-corrected chi connectivity index (χ0v) is 27.2. The summed E-state index contributed by atoms with van der Waals surface area (Å²) in [5.41, 5.74) is 2.11. The summed E-state index contributed by atoms with van der Waals surface area (Å²) >= 11 is 0. The van der Waals surface area contributed by atoms with E-state index < -0.39 is 5.60 Å². The van der Waals surface area contributed by atoms with Crippen molar-refractivity contribution in [2.45, 2.75) is 85.5 Å². The SMILES string of the molecule is Cc1cc(C)c(CNC(=O)c2cc(N3CCC(N4CCN(C(=O)OC(C)(C)C)CC4)CC3)nc(NC(C)C)c2C=N)c(=O)[nH]1. The molecule has 240 valence electrons. The average Bonchev–Trinajstić information content (AvgIpc) is 2.95. The van der Waals surface area contributed by atoms with Crippen LogP contribution in [0.25, 0.3) is 0 Å². The number of hydrogen-bond acceptors (Lipinski definition) is 9. The molecule has 44 heavy (non-hydrogen) atoms. The van der Waals surface area contributed by atoms with Crippen LogP contribution in [0.15, 0.2) is 16.9 Å². The fraction of sp³-hybridized carbons (Fsp3) is 0.594. The third kappa shape index (κ3) is 8.16. The minimum atomic E-state index is -0.504. The van der Waals surface area contributed by atoms with Gasteiger partial charge in [-0.25, -0.2) is 9.78 Å². The summed E-state index contributed by atoms with van der Waals surface area (Å²) in [6, 6.07) is 4.09. The Bertz CT molecular complexity index is 1410. The van der Waals surface area contributed by atoms with E-state index in [1.807, 2.05) is 54.5 Å². The van der Waals surface area contributed by atoms with E-state index in [0.717, 1.165) is 56.5 Å². The summed E-state index contributed by atoms with van der Waals surface area (Å²) in [6.07, 6.45) is 2.77. The van der Waals surface area contributed by atoms with E-state index in [2.05, 4.69) is 25.4 Å². The Morgan fingerprint density at radius 3 is 2.34 bits per heavy atom. The molecule has 2 fully saturated rings. The van der Waals surface area contributed by atoms with Gasteiger partial charge in [0, 0.05) is 80.9 Å². The Morgan fingerprint density at radius 2 is 1.77 bits per heavy atom. The molecule has 2 aromatic heterocycles. The van der Waals surface area contributed by atoms with Gasteiger partial charge in [0.05, 0.1) is 5.56 Å². The molecule has 0 bridgehead atoms. The Morgan fingerprint density at radius 1 is 1.11 bits per heavy atom. The summed E-state index contributed by atoms with van der Waals surface area (Å²) in [4.78, 5) is 52.6. The third-order valence-electron chi connectivity index (χ3n) is 8.05. The Labute approximate surface area is 260 Å². The molecule has 12 nitrogen and oxygen atoms in total. The molecule has 0 saturated carbocycles. The van der Waals surface area contributed by atoms with Crippen LogP contribution >= 0.6 is 0 Å². The number of hydrogen-bond donors (Lipinski definition) is 4. The number of aromatic nitrogens is 2. The van der Waals surface area contributed by atoms with E-state index >= 15 is 0 Å². The molecule has 0 unspecified atom stereocenters. The lowest BCUT2D eigenvalue weighted by molar-refractivity contribution is 0.00900. The van der Waals surface area contributed by atoms with Crippen molar-refractivity contribution in [3.8, 4) is 0 Å². The molecule has 2 saturated heterocycles. The minimum absolute atomic E-state index is 0.0474. The molecule has 12 heteroatoms. The molecular weight excluding hydrogens is 560 g/mol. The van der Waals surface area contributed by atoms with Crippen molar-refractivity contribution in [1.29, 1.82) is 5.41 Å². The van der Waals surface area contributed by atoms with Gasteiger partial charge in [0.2, 0.25) is 0 Å². The number of H-pyrrole nitrogens is 1. The number of aromatic amines is 1. The van der Waals surface area contributed by atoms with Crippen molar-refractivity contribution in [1.82, 2.24) is 25.1 Å². The van der Waals surface area contributed by atoms with Gasteiger partial charge >= 0.3 is 6.09 Å². The Hall–Kier alpha value is -3.93. The molecule has 4 heterocycles. The van der Waals surface area contributed by atoms with E-state index in [1.54, 1.807) is 11.0 Å². The first-order chi connectivity index (χ1) is 20.8. The zero-order valence-electron chi connectivity index (χ0n) is 27.2. The number of carbonyl (C=O) groups is 2. The zero-order chi connectivity index (χ0) is 32.2. The summed E-state index contributed by atoms with van der Waals surface area (Å²) in [5, 5.41) is 14.3. The predicted octanol–water partition coefficient (Wildman–Crippen LogP) is 3.66. The number of anilines is 2. The molecule has 2 aliphatic heterocycles. The lowest BCUT2D eigenvalue weighted by Crippen LogP contribution is -2.55. The van der Waals surface area contributed by atoms with Crippen LogP contribution in [-0.2, 0) is 11.3 Å². The van der Waals surface area contributed by atoms with Crippen molar-refractivity contribution in [2.75, 3.05) is 49.5 Å². The summed E-state index contributed by atoms with van der Waals surface area (Å²) in [6.45, 7) is 17.9. The van der Waals surface area contributed by atoms with E-state index in [1.165, 1.54) is 0 Å². The maximum atomic E-state index is 13.5. The van der Waals surface area contributed by atoms with Gasteiger partial charge in [-0.1, -0.05) is 0 Å². The molecule has 0 radical (unpaired) electrons. The normalized spacial score (nSPS) is 16.6. The highest BCUT2D eigenvalue weighted by Gasteiger charge is 2.31. The van der Waals surface area contributed by atoms with Crippen molar-refractivity contribution < 1.29 is 14.3 Å². The van der Waals surface area contributed by atoms with E-state index in [-0.39, 0.29) is 30.1 Å². The van der Waals surface area contributed by atoms with Crippen LogP contribution < -0.4 is 21.1 Å². The predicted molar refractivity (Wildman–Crippen MR) is 173 cm³/mol. The standard InChI is InChI=1S/C32H48N8O4/c1-20(2)35-28-25(18-33)24(29(41)34-19-26-21(3)16-22(4)36-30(26)42)17-27(37-28)39-10-8-23(9-11-39)38-12-14-40(15-13-38)31(43)44-32(5,6)7/h16-18,20,23,33H,8-15,19H2,1-7H3,(H,34,41)(H,35,37)(H,36,42). The topological polar surface area (TPSA) is 147 Å². The van der Waals surface area contributed by atoms with Crippen LogP contribution in [0.1, 0.15) is 80.2 Å². The summed E-state index contributed by atoms with van der Waals surface area (Å²) in [5.74, 6) is 0.805. The monoisotopic (exact) mass is 608 g/mol. The Balaban J connectivity index is 1.45. The first-order valence-corrected chi connectivity index (χ1v) is 15.5. The highest BCUT2D eigenvalue weighted by atomic mass is 16.6. The fourth-order valence-corrected chi connectivity index (χ4v) is 5.84. The van der Waals surface area contributed by atoms with Gasteiger partial charge in [-0.05, 0) is 79.0 Å². The summed E-state index contributed by atoms with van der Waals surface area (Å²) < 4.78 is 5.54. The average molecular weight is 609 g/mol. The molecule has 2 aromatic rings. The van der Waals surface area contributed by atoms with E-state index in [0.29, 0.717) is 47.5 Å². The second-order valence-electron chi connectivity index (χ2n) is 13.1. The van der Waals surface area contributed by atoms with Gasteiger partial charge in [0.1, 0.15) is 17.2 Å². The van der Waals surface area contributed by atoms with Crippen LogP contribution in [0.4, 0.5) is 16.4 Å². The smallest absolute Gasteiger partial charge is 0.410 e. The van der Waals surface area contributed by atoms with Gasteiger partial charge in [-0.2, -0.15) is 0 Å². The quantitative estimate of drug-likeness (QED) is 0.332. The van der Waals surface area contributed by atoms with Crippen molar-refractivity contribution >= 4 is 29.9 Å². The van der Waals surface area contributed by atoms with Crippen LogP contribution in [-0.4, -0.2) is 94.9 Å². The van der Waals surface area contributed by atoms with Crippen LogP contribution in [0.2, 0.25) is 0 Å². The van der Waals surface area contributed by atoms with Gasteiger partial charge in [0.15, 0.2) is 0 Å². The van der Waals surface area contributed by atoms with Crippen molar-refractivity contribution in [3.05, 3.63) is 50.4 Å². The van der Waals surface area contributed by atoms with Gasteiger partial charge in [-0.15, -0.1) is 0 Å². The van der Waals surface area contributed by atoms with Gasteiger partial charge < -0.3 is 35.6 Å². The van der Waals surface area contributed by atoms with Crippen LogP contribution in [0.3, 0.4) is 0 Å². The fourth-order valence-electron chi connectivity index (χ4n) is 5.84. The molecule has 0 aromatic carbocycles. The highest BCUT2D eigenvalue weighted by molar-refractivity contribution is 6.05. The first-order valence-electron chi connectivity index (χ1n) is 15.5. The minimum Gasteiger partial charge on any atom is -0.444 e. The Kier molecular flexibility index (Phi) is 10.3. The van der Waals surface area contributed by atoms with Crippen molar-refractivity contribution in [3.63, 3.8) is 0 Å². The number of ether oxygens (including phenoxy) is 1. The maximum Gasteiger partial charge on any atom is 0.410 e. The molecule has 0 atom stereocenters. The number of nitrogens with zero attached hydrogens (tertiary/aromatic N) is 4. The molecule has 2 amide bonds. The molecule has 0 spiro atoms. The highest BCUT2D eigenvalue weighted by Crippen LogP contribution is 2.28.